The first-order valence-electron chi connectivity index (χ1n) is 6.75. The molecule has 12 heteroatoms. The zero-order valence-corrected chi connectivity index (χ0v) is 13.5. The average Bonchev–Trinajstić information content (AvgIpc) is 2.59. The summed E-state index contributed by atoms with van der Waals surface area (Å²) in [5.74, 6) is -1.08. The fraction of sp³-hybridized carbons (Fsp3) is 0.0714. The Kier molecular flexibility index (Phi) is 5.28. The van der Waals surface area contributed by atoms with Crippen molar-refractivity contribution in [2.75, 3.05) is 0 Å². The predicted molar refractivity (Wildman–Crippen MR) is 82.3 cm³/mol. The second-order valence-electron chi connectivity index (χ2n) is 4.86. The predicted octanol–water partition coefficient (Wildman–Crippen LogP) is 2.24. The van der Waals surface area contributed by atoms with Crippen LogP contribution >= 0.6 is 0 Å². The van der Waals surface area contributed by atoms with Crippen molar-refractivity contribution in [3.63, 3.8) is 0 Å². The van der Waals surface area contributed by atoms with Crippen LogP contribution in [0.4, 0.5) is 18.9 Å². The van der Waals surface area contributed by atoms with Gasteiger partial charge in [0.25, 0.3) is 21.6 Å². The monoisotopic (exact) mass is 389 g/mol. The molecule has 1 amide bonds. The number of carbonyl (C=O) groups excluding carboxylic acids is 1. The van der Waals surface area contributed by atoms with Crippen LogP contribution in [-0.2, 0) is 16.2 Å². The van der Waals surface area contributed by atoms with Crippen LogP contribution in [0.15, 0.2) is 53.4 Å². The van der Waals surface area contributed by atoms with E-state index in [2.05, 4.69) is 0 Å². The molecule has 2 N–H and O–H groups in total. The van der Waals surface area contributed by atoms with Crippen molar-refractivity contribution in [1.82, 2.24) is 10.3 Å². The number of carbonyl (C=O) groups is 1. The quantitative estimate of drug-likeness (QED) is 0.601. The van der Waals surface area contributed by atoms with Crippen molar-refractivity contribution in [3.8, 4) is 0 Å². The van der Waals surface area contributed by atoms with Crippen LogP contribution in [0.25, 0.3) is 0 Å². The summed E-state index contributed by atoms with van der Waals surface area (Å²) in [6.45, 7) is 0. The summed E-state index contributed by atoms with van der Waals surface area (Å²) in [5.41, 5.74) is -0.362. The number of alkyl halides is 3. The van der Waals surface area contributed by atoms with Gasteiger partial charge in [0, 0.05) is 17.7 Å². The molecule has 0 radical (unpaired) electrons. The molecular formula is C14H10F3N3O5S. The maximum absolute atomic E-state index is 12.9. The van der Waals surface area contributed by atoms with Gasteiger partial charge in [-0.05, 0) is 18.2 Å². The van der Waals surface area contributed by atoms with Gasteiger partial charge in [0.2, 0.25) is 0 Å². The maximum Gasteiger partial charge on any atom is 0.417 e. The Labute approximate surface area is 144 Å². The van der Waals surface area contributed by atoms with E-state index in [9.17, 15) is 36.5 Å². The lowest BCUT2D eigenvalue weighted by atomic mass is 10.2. The number of nitrogens with zero attached hydrogens (tertiary/aromatic N) is 1. The highest BCUT2D eigenvalue weighted by Crippen LogP contribution is 2.33. The van der Waals surface area contributed by atoms with Gasteiger partial charge in [0.15, 0.2) is 0 Å². The van der Waals surface area contributed by atoms with Crippen molar-refractivity contribution in [3.05, 3.63) is 69.8 Å². The molecule has 0 aliphatic rings. The Morgan fingerprint density at radius 3 is 2.35 bits per heavy atom. The molecule has 2 aromatic carbocycles. The molecular weight excluding hydrogens is 379 g/mol. The first-order valence-corrected chi connectivity index (χ1v) is 8.23. The third-order valence-electron chi connectivity index (χ3n) is 3.10. The van der Waals surface area contributed by atoms with E-state index in [1.165, 1.54) is 17.0 Å². The number of hydrogen-bond donors (Lipinski definition) is 2. The van der Waals surface area contributed by atoms with E-state index in [1.54, 1.807) is 5.43 Å². The van der Waals surface area contributed by atoms with Crippen LogP contribution in [-0.4, -0.2) is 19.2 Å². The lowest BCUT2D eigenvalue weighted by Crippen LogP contribution is -2.42. The molecule has 2 aromatic rings. The summed E-state index contributed by atoms with van der Waals surface area (Å²) >= 11 is 0. The number of nitro groups is 1. The molecule has 0 fully saturated rings. The second kappa shape index (κ2) is 7.09. The molecule has 2 rings (SSSR count). The van der Waals surface area contributed by atoms with E-state index in [0.29, 0.717) is 6.07 Å². The van der Waals surface area contributed by atoms with Gasteiger partial charge >= 0.3 is 6.18 Å². The van der Waals surface area contributed by atoms with E-state index >= 15 is 0 Å². The SMILES string of the molecule is O=C(NNS(=O)(=O)c1ccccc1C(F)(F)F)c1cccc([N+](=O)[O-])c1. The minimum absolute atomic E-state index is 0.258. The van der Waals surface area contributed by atoms with Gasteiger partial charge in [-0.2, -0.15) is 13.2 Å². The van der Waals surface area contributed by atoms with E-state index < -0.39 is 43.2 Å². The summed E-state index contributed by atoms with van der Waals surface area (Å²) in [4.78, 5) is 22.3. The topological polar surface area (TPSA) is 118 Å². The summed E-state index contributed by atoms with van der Waals surface area (Å²) in [7, 11) is -4.74. The van der Waals surface area contributed by atoms with Crippen LogP contribution in [0.2, 0.25) is 0 Å². The number of rotatable bonds is 5. The van der Waals surface area contributed by atoms with Gasteiger partial charge in [-0.3, -0.25) is 20.3 Å². The van der Waals surface area contributed by atoms with Gasteiger partial charge in [-0.15, -0.1) is 4.83 Å². The first-order chi connectivity index (χ1) is 12.0. The third kappa shape index (κ3) is 4.34. The van der Waals surface area contributed by atoms with Gasteiger partial charge in [0.1, 0.15) is 0 Å². The van der Waals surface area contributed by atoms with E-state index in [0.717, 1.165) is 30.3 Å². The smallest absolute Gasteiger partial charge is 0.273 e. The fourth-order valence-corrected chi connectivity index (χ4v) is 3.00. The van der Waals surface area contributed by atoms with Gasteiger partial charge in [0.05, 0.1) is 15.4 Å². The molecule has 0 bridgehead atoms. The van der Waals surface area contributed by atoms with Crippen LogP contribution in [0, 0.1) is 10.1 Å². The molecule has 0 aliphatic carbocycles. The first kappa shape index (κ1) is 19.3. The molecule has 0 aromatic heterocycles. The number of halogens is 3. The Balaban J connectivity index is 2.23. The summed E-state index contributed by atoms with van der Waals surface area (Å²) < 4.78 is 62.9. The summed E-state index contributed by atoms with van der Waals surface area (Å²) in [6, 6.07) is 7.77. The molecule has 0 aliphatic heterocycles. The minimum atomic E-state index is -4.92. The molecule has 138 valence electrons. The van der Waals surface area contributed by atoms with E-state index in [4.69, 9.17) is 0 Å². The number of nitrogens with one attached hydrogen (secondary N) is 2. The highest BCUT2D eigenvalue weighted by molar-refractivity contribution is 7.89. The lowest BCUT2D eigenvalue weighted by molar-refractivity contribution is -0.384. The van der Waals surface area contributed by atoms with E-state index in [-0.39, 0.29) is 5.56 Å². The van der Waals surface area contributed by atoms with Crippen molar-refractivity contribution in [2.24, 2.45) is 0 Å². The van der Waals surface area contributed by atoms with Crippen molar-refractivity contribution in [2.45, 2.75) is 11.1 Å². The van der Waals surface area contributed by atoms with Gasteiger partial charge in [-0.1, -0.05) is 18.2 Å². The standard InChI is InChI=1S/C14H10F3N3O5S/c15-14(16,17)11-6-1-2-7-12(11)26(24,25)19-18-13(21)9-4-3-5-10(8-9)20(22)23/h1-8,19H,(H,18,21). The van der Waals surface area contributed by atoms with Crippen molar-refractivity contribution >= 4 is 21.6 Å². The zero-order valence-electron chi connectivity index (χ0n) is 12.6. The van der Waals surface area contributed by atoms with Crippen LogP contribution in [0.5, 0.6) is 0 Å². The molecule has 0 atom stereocenters. The van der Waals surface area contributed by atoms with Crippen molar-refractivity contribution < 1.29 is 31.3 Å². The molecule has 0 saturated carbocycles. The minimum Gasteiger partial charge on any atom is -0.273 e. The molecule has 26 heavy (non-hydrogen) atoms. The largest absolute Gasteiger partial charge is 0.417 e. The number of hydrogen-bond acceptors (Lipinski definition) is 5. The number of hydrazine groups is 1. The molecule has 0 unspecified atom stereocenters. The number of non-ortho nitro benzene ring substituents is 1. The van der Waals surface area contributed by atoms with Crippen LogP contribution in [0.1, 0.15) is 15.9 Å². The fourth-order valence-electron chi connectivity index (χ4n) is 1.94. The molecule has 0 heterocycles. The summed E-state index contributed by atoms with van der Waals surface area (Å²) in [5, 5.41) is 10.7. The molecule has 0 spiro atoms. The molecule has 0 saturated heterocycles. The number of amides is 1. The number of benzene rings is 2. The number of sulfonamides is 1. The number of nitro benzene ring substituents is 1. The third-order valence-corrected chi connectivity index (χ3v) is 4.41. The van der Waals surface area contributed by atoms with Crippen LogP contribution < -0.4 is 10.3 Å². The highest BCUT2D eigenvalue weighted by atomic mass is 32.2. The Bertz CT molecular complexity index is 960. The normalized spacial score (nSPS) is 11.8. The Hall–Kier alpha value is -2.99. The summed E-state index contributed by atoms with van der Waals surface area (Å²) in [6.07, 6.45) is -4.92. The van der Waals surface area contributed by atoms with Gasteiger partial charge in [-0.25, -0.2) is 8.42 Å². The van der Waals surface area contributed by atoms with Gasteiger partial charge < -0.3 is 0 Å². The van der Waals surface area contributed by atoms with Crippen LogP contribution in [0.3, 0.4) is 0 Å². The Morgan fingerprint density at radius 1 is 1.08 bits per heavy atom. The molecule has 8 nitrogen and oxygen atoms in total. The Morgan fingerprint density at radius 2 is 1.73 bits per heavy atom. The van der Waals surface area contributed by atoms with Crippen molar-refractivity contribution in [1.29, 1.82) is 0 Å². The highest BCUT2D eigenvalue weighted by Gasteiger charge is 2.37. The van der Waals surface area contributed by atoms with E-state index in [1.807, 2.05) is 0 Å². The average molecular weight is 389 g/mol. The maximum atomic E-state index is 12.9. The lowest BCUT2D eigenvalue weighted by Gasteiger charge is -2.14. The zero-order chi connectivity index (χ0) is 19.5. The second-order valence-corrected chi connectivity index (χ2v) is 6.51.